The first-order chi connectivity index (χ1) is 11.7. The van der Waals surface area contributed by atoms with E-state index in [0.29, 0.717) is 25.0 Å². The summed E-state index contributed by atoms with van der Waals surface area (Å²) in [4.78, 5) is 27.3. The van der Waals surface area contributed by atoms with Crippen molar-refractivity contribution in [3.63, 3.8) is 0 Å². The molecule has 3 atom stereocenters. The topological polar surface area (TPSA) is 78.9 Å². The Labute approximate surface area is 152 Å². The Kier molecular flexibility index (Phi) is 5.49. The number of halogens is 1. The number of carbonyl (C=O) groups is 1. The number of H-pyrrole nitrogens is 1. The molecule has 3 unspecified atom stereocenters. The highest BCUT2D eigenvalue weighted by molar-refractivity contribution is 5.85. The summed E-state index contributed by atoms with van der Waals surface area (Å²) in [5, 5.41) is 6.48. The zero-order valence-electron chi connectivity index (χ0n) is 14.2. The normalized spacial score (nSPS) is 25.4. The van der Waals surface area contributed by atoms with Gasteiger partial charge in [0.15, 0.2) is 0 Å². The predicted molar refractivity (Wildman–Crippen MR) is 100 cm³/mol. The summed E-state index contributed by atoms with van der Waals surface area (Å²) in [6.45, 7) is 0.947. The van der Waals surface area contributed by atoms with Crippen LogP contribution in [-0.2, 0) is 11.3 Å². The molecule has 2 fully saturated rings. The summed E-state index contributed by atoms with van der Waals surface area (Å²) in [6, 6.07) is 8.06. The first kappa shape index (κ1) is 18.0. The number of fused-ring (bicyclic) bond motifs is 2. The van der Waals surface area contributed by atoms with Gasteiger partial charge < -0.3 is 15.6 Å². The zero-order chi connectivity index (χ0) is 16.5. The molecule has 2 aliphatic rings. The van der Waals surface area contributed by atoms with Crippen LogP contribution in [0.25, 0.3) is 11.0 Å². The van der Waals surface area contributed by atoms with Crippen LogP contribution in [0.4, 0.5) is 0 Å². The molecule has 0 bridgehead atoms. The number of hydrogen-bond acceptors (Lipinski definition) is 3. The Morgan fingerprint density at radius 3 is 2.88 bits per heavy atom. The summed E-state index contributed by atoms with van der Waals surface area (Å²) >= 11 is 0. The molecule has 1 amide bonds. The van der Waals surface area contributed by atoms with Gasteiger partial charge in [0.05, 0.1) is 17.1 Å². The number of rotatable bonds is 4. The van der Waals surface area contributed by atoms with Crippen molar-refractivity contribution in [2.24, 2.45) is 5.92 Å². The second kappa shape index (κ2) is 7.62. The third kappa shape index (κ3) is 3.60. The van der Waals surface area contributed by atoms with E-state index in [-0.39, 0.29) is 30.0 Å². The summed E-state index contributed by atoms with van der Waals surface area (Å²) in [5.41, 5.74) is 1.58. The Balaban J connectivity index is 0.00000182. The van der Waals surface area contributed by atoms with Crippen LogP contribution in [0, 0.1) is 5.92 Å². The lowest BCUT2D eigenvalue weighted by Gasteiger charge is -2.24. The van der Waals surface area contributed by atoms with Crippen LogP contribution in [0.5, 0.6) is 0 Å². The lowest BCUT2D eigenvalue weighted by molar-refractivity contribution is -0.122. The molecule has 3 N–H and O–H groups in total. The SMILES string of the molecule is Cl.O=C(NCCn1c(=O)[nH]c2ccccc21)C1CC2CCCCC2N1. The maximum atomic E-state index is 12.4. The van der Waals surface area contributed by atoms with Crippen molar-refractivity contribution < 1.29 is 4.79 Å². The molecule has 4 rings (SSSR count). The first-order valence-electron chi connectivity index (χ1n) is 8.93. The third-order valence-corrected chi connectivity index (χ3v) is 5.50. The van der Waals surface area contributed by atoms with E-state index in [4.69, 9.17) is 0 Å². The zero-order valence-corrected chi connectivity index (χ0v) is 15.0. The Bertz CT molecular complexity index is 786. The van der Waals surface area contributed by atoms with Crippen molar-refractivity contribution >= 4 is 29.3 Å². The molecular formula is C18H25ClN4O2. The molecule has 1 aliphatic carbocycles. The summed E-state index contributed by atoms with van der Waals surface area (Å²) in [5.74, 6) is 0.725. The average molecular weight is 365 g/mol. The van der Waals surface area contributed by atoms with Crippen molar-refractivity contribution in [3.05, 3.63) is 34.7 Å². The minimum absolute atomic E-state index is 0. The molecule has 1 saturated carbocycles. The van der Waals surface area contributed by atoms with Gasteiger partial charge in [-0.25, -0.2) is 4.79 Å². The molecule has 1 saturated heterocycles. The monoisotopic (exact) mass is 364 g/mol. The molecule has 136 valence electrons. The van der Waals surface area contributed by atoms with Gasteiger partial charge in [-0.1, -0.05) is 25.0 Å². The second-order valence-corrected chi connectivity index (χ2v) is 7.00. The second-order valence-electron chi connectivity index (χ2n) is 7.00. The molecule has 6 nitrogen and oxygen atoms in total. The van der Waals surface area contributed by atoms with Crippen molar-refractivity contribution in [1.82, 2.24) is 20.2 Å². The number of aromatic nitrogens is 2. The van der Waals surface area contributed by atoms with Gasteiger partial charge in [-0.3, -0.25) is 9.36 Å². The minimum atomic E-state index is -0.129. The molecule has 0 spiro atoms. The molecule has 2 heterocycles. The number of carbonyl (C=O) groups excluding carboxylic acids is 1. The van der Waals surface area contributed by atoms with Crippen LogP contribution < -0.4 is 16.3 Å². The Morgan fingerprint density at radius 2 is 2.04 bits per heavy atom. The standard InChI is InChI=1S/C18H24N4O2.ClH/c23-17(15-11-12-5-1-2-6-13(12)20-15)19-9-10-22-16-8-4-3-7-14(16)21-18(22)24;/h3-4,7-8,12-13,15,20H,1-2,5-6,9-11H2,(H,19,23)(H,21,24);1H. The molecule has 1 aromatic heterocycles. The van der Waals surface area contributed by atoms with Crippen LogP contribution >= 0.6 is 12.4 Å². The highest BCUT2D eigenvalue weighted by Crippen LogP contribution is 2.33. The van der Waals surface area contributed by atoms with Crippen molar-refractivity contribution in [2.75, 3.05) is 6.54 Å². The maximum absolute atomic E-state index is 12.4. The van der Waals surface area contributed by atoms with Gasteiger partial charge in [-0.2, -0.15) is 0 Å². The highest BCUT2D eigenvalue weighted by atomic mass is 35.5. The van der Waals surface area contributed by atoms with E-state index < -0.39 is 0 Å². The molecule has 7 heteroatoms. The fraction of sp³-hybridized carbons (Fsp3) is 0.556. The van der Waals surface area contributed by atoms with E-state index in [0.717, 1.165) is 17.5 Å². The third-order valence-electron chi connectivity index (χ3n) is 5.50. The number of nitrogens with zero attached hydrogens (tertiary/aromatic N) is 1. The predicted octanol–water partition coefficient (Wildman–Crippen LogP) is 1.79. The Morgan fingerprint density at radius 1 is 1.24 bits per heavy atom. The number of benzene rings is 1. The van der Waals surface area contributed by atoms with Crippen LogP contribution in [0.2, 0.25) is 0 Å². The van der Waals surface area contributed by atoms with Gasteiger partial charge in [-0.15, -0.1) is 12.4 Å². The van der Waals surface area contributed by atoms with Crippen molar-refractivity contribution in [2.45, 2.75) is 50.7 Å². The lowest BCUT2D eigenvalue weighted by atomic mass is 9.85. The van der Waals surface area contributed by atoms with Crippen molar-refractivity contribution in [1.29, 1.82) is 0 Å². The number of amides is 1. The lowest BCUT2D eigenvalue weighted by Crippen LogP contribution is -2.44. The number of nitrogens with one attached hydrogen (secondary N) is 3. The molecular weight excluding hydrogens is 340 g/mol. The van der Waals surface area contributed by atoms with Gasteiger partial charge in [0.25, 0.3) is 0 Å². The number of aromatic amines is 1. The van der Waals surface area contributed by atoms with Crippen LogP contribution in [0.1, 0.15) is 32.1 Å². The Hall–Kier alpha value is -1.79. The maximum Gasteiger partial charge on any atom is 0.326 e. The van der Waals surface area contributed by atoms with Gasteiger partial charge >= 0.3 is 5.69 Å². The molecule has 1 aromatic carbocycles. The molecule has 0 radical (unpaired) electrons. The van der Waals surface area contributed by atoms with Gasteiger partial charge in [0, 0.05) is 19.1 Å². The van der Waals surface area contributed by atoms with Gasteiger partial charge in [0.2, 0.25) is 5.91 Å². The highest BCUT2D eigenvalue weighted by Gasteiger charge is 2.37. The van der Waals surface area contributed by atoms with Crippen molar-refractivity contribution in [3.8, 4) is 0 Å². The van der Waals surface area contributed by atoms with E-state index in [1.54, 1.807) is 4.57 Å². The molecule has 1 aliphatic heterocycles. The number of para-hydroxylation sites is 2. The fourth-order valence-electron chi connectivity index (χ4n) is 4.26. The van der Waals surface area contributed by atoms with Gasteiger partial charge in [-0.05, 0) is 37.3 Å². The van der Waals surface area contributed by atoms with Gasteiger partial charge in [0.1, 0.15) is 0 Å². The minimum Gasteiger partial charge on any atom is -0.353 e. The van der Waals surface area contributed by atoms with E-state index in [1.807, 2.05) is 24.3 Å². The number of imidazole rings is 1. The molecule has 2 aromatic rings. The van der Waals surface area contributed by atoms with E-state index in [9.17, 15) is 9.59 Å². The number of hydrogen-bond donors (Lipinski definition) is 3. The smallest absolute Gasteiger partial charge is 0.326 e. The first-order valence-corrected chi connectivity index (χ1v) is 8.93. The summed E-state index contributed by atoms with van der Waals surface area (Å²) < 4.78 is 1.68. The average Bonchev–Trinajstić information content (AvgIpc) is 3.16. The summed E-state index contributed by atoms with van der Waals surface area (Å²) in [6.07, 6.45) is 5.95. The van der Waals surface area contributed by atoms with E-state index >= 15 is 0 Å². The quantitative estimate of drug-likeness (QED) is 0.773. The largest absolute Gasteiger partial charge is 0.353 e. The van der Waals surface area contributed by atoms with E-state index in [2.05, 4.69) is 15.6 Å². The molecule has 25 heavy (non-hydrogen) atoms. The van der Waals surface area contributed by atoms with Crippen LogP contribution in [0.15, 0.2) is 29.1 Å². The summed E-state index contributed by atoms with van der Waals surface area (Å²) in [7, 11) is 0. The van der Waals surface area contributed by atoms with Crippen LogP contribution in [-0.4, -0.2) is 34.1 Å². The fourth-order valence-corrected chi connectivity index (χ4v) is 4.26. The van der Waals surface area contributed by atoms with Crippen LogP contribution in [0.3, 0.4) is 0 Å². The van der Waals surface area contributed by atoms with E-state index in [1.165, 1.54) is 25.7 Å².